The Morgan fingerprint density at radius 3 is 2.58 bits per heavy atom. The number of aromatic nitrogens is 2. The summed E-state index contributed by atoms with van der Waals surface area (Å²) in [6.45, 7) is 10.1. The van der Waals surface area contributed by atoms with Crippen LogP contribution < -0.4 is 0 Å². The van der Waals surface area contributed by atoms with Gasteiger partial charge in [-0.25, -0.2) is 0 Å². The third-order valence-electron chi connectivity index (χ3n) is 6.73. The van der Waals surface area contributed by atoms with E-state index in [1.165, 1.54) is 5.56 Å². The van der Waals surface area contributed by atoms with Gasteiger partial charge < -0.3 is 4.90 Å². The zero-order chi connectivity index (χ0) is 23.3. The van der Waals surface area contributed by atoms with Crippen LogP contribution in [-0.2, 0) is 17.8 Å². The van der Waals surface area contributed by atoms with Crippen LogP contribution in [0.1, 0.15) is 37.2 Å². The highest BCUT2D eigenvalue weighted by molar-refractivity contribution is 5.84. The summed E-state index contributed by atoms with van der Waals surface area (Å²) in [6.07, 6.45) is 5.29. The van der Waals surface area contributed by atoms with Crippen LogP contribution in [0.3, 0.4) is 0 Å². The predicted molar refractivity (Wildman–Crippen MR) is 133 cm³/mol. The average Bonchev–Trinajstić information content (AvgIpc) is 3.24. The molecule has 3 heterocycles. The monoisotopic (exact) mass is 442 g/mol. The number of hydrogen-bond acceptors (Lipinski definition) is 4. The van der Waals surface area contributed by atoms with Gasteiger partial charge in [-0.05, 0) is 75.0 Å². The van der Waals surface area contributed by atoms with Gasteiger partial charge in [0.05, 0.1) is 11.1 Å². The molecule has 1 saturated heterocycles. The fourth-order valence-corrected chi connectivity index (χ4v) is 5.04. The number of rotatable bonds is 8. The molecule has 2 aromatic heterocycles. The first-order chi connectivity index (χ1) is 16.0. The number of carbonyl (C=O) groups is 1. The highest BCUT2D eigenvalue weighted by atomic mass is 16.2. The van der Waals surface area contributed by atoms with Crippen molar-refractivity contribution in [3.05, 3.63) is 83.9 Å². The van der Waals surface area contributed by atoms with Gasteiger partial charge in [0, 0.05) is 44.3 Å². The molecular formula is C28H34N4O. The second-order valence-corrected chi connectivity index (χ2v) is 9.11. The maximum atomic E-state index is 13.8. The van der Waals surface area contributed by atoms with E-state index in [0.29, 0.717) is 0 Å². The molecule has 33 heavy (non-hydrogen) atoms. The second-order valence-electron chi connectivity index (χ2n) is 9.11. The van der Waals surface area contributed by atoms with E-state index in [1.54, 1.807) is 6.20 Å². The van der Waals surface area contributed by atoms with Crippen LogP contribution in [-0.4, -0.2) is 51.9 Å². The predicted octanol–water partition coefficient (Wildman–Crippen LogP) is 4.76. The summed E-state index contributed by atoms with van der Waals surface area (Å²) < 4.78 is 0. The number of carbonyl (C=O) groups excluding carboxylic acids is 1. The van der Waals surface area contributed by atoms with E-state index in [1.807, 2.05) is 30.2 Å². The zero-order valence-corrected chi connectivity index (χ0v) is 20.0. The molecule has 0 spiro atoms. The quantitative estimate of drug-likeness (QED) is 0.505. The van der Waals surface area contributed by atoms with Crippen molar-refractivity contribution in [2.24, 2.45) is 5.41 Å². The first-order valence-corrected chi connectivity index (χ1v) is 12.0. The smallest absolute Gasteiger partial charge is 0.230 e. The number of pyridine rings is 2. The van der Waals surface area contributed by atoms with Crippen LogP contribution in [0.15, 0.2) is 67.0 Å². The molecule has 0 unspecified atom stereocenters. The first kappa shape index (κ1) is 23.1. The van der Waals surface area contributed by atoms with Crippen molar-refractivity contribution in [3.8, 4) is 11.1 Å². The molecule has 0 radical (unpaired) electrons. The summed E-state index contributed by atoms with van der Waals surface area (Å²) in [4.78, 5) is 27.2. The van der Waals surface area contributed by atoms with Crippen LogP contribution in [0.4, 0.5) is 0 Å². The number of nitrogens with zero attached hydrogens (tertiary/aromatic N) is 4. The van der Waals surface area contributed by atoms with Gasteiger partial charge in [-0.3, -0.25) is 19.7 Å². The third-order valence-corrected chi connectivity index (χ3v) is 6.73. The van der Waals surface area contributed by atoms with Crippen LogP contribution in [0.5, 0.6) is 0 Å². The summed E-state index contributed by atoms with van der Waals surface area (Å²) in [7, 11) is 0. The van der Waals surface area contributed by atoms with Gasteiger partial charge in [-0.1, -0.05) is 36.4 Å². The van der Waals surface area contributed by atoms with Crippen molar-refractivity contribution in [3.63, 3.8) is 0 Å². The van der Waals surface area contributed by atoms with Crippen molar-refractivity contribution in [1.29, 1.82) is 0 Å². The number of amides is 1. The van der Waals surface area contributed by atoms with E-state index in [-0.39, 0.29) is 5.91 Å². The van der Waals surface area contributed by atoms with Gasteiger partial charge in [0.15, 0.2) is 0 Å². The maximum Gasteiger partial charge on any atom is 0.230 e. The van der Waals surface area contributed by atoms with E-state index < -0.39 is 5.41 Å². The minimum absolute atomic E-state index is 0.277. The summed E-state index contributed by atoms with van der Waals surface area (Å²) in [5.41, 5.74) is 5.13. The minimum Gasteiger partial charge on any atom is -0.343 e. The third kappa shape index (κ3) is 5.31. The SMILES string of the molecule is CCN(CC)C(=O)[C@]1(Cc2cccc(-c3cccnc3)c2)CCN(Cc2cccc(C)n2)C1. The van der Waals surface area contributed by atoms with Gasteiger partial charge in [-0.15, -0.1) is 0 Å². The molecule has 5 heteroatoms. The van der Waals surface area contributed by atoms with Crippen molar-refractivity contribution in [2.45, 2.75) is 40.2 Å². The normalized spacial score (nSPS) is 18.4. The maximum absolute atomic E-state index is 13.8. The lowest BCUT2D eigenvalue weighted by atomic mass is 9.79. The molecule has 0 aliphatic carbocycles. The topological polar surface area (TPSA) is 49.3 Å². The lowest BCUT2D eigenvalue weighted by Gasteiger charge is -2.34. The lowest BCUT2D eigenvalue weighted by molar-refractivity contribution is -0.141. The fourth-order valence-electron chi connectivity index (χ4n) is 5.04. The molecule has 1 atom stereocenters. The van der Waals surface area contributed by atoms with Crippen molar-refractivity contribution in [2.75, 3.05) is 26.2 Å². The Labute approximate surface area is 197 Å². The molecule has 172 valence electrons. The van der Waals surface area contributed by atoms with E-state index in [4.69, 9.17) is 0 Å². The Balaban J connectivity index is 1.60. The van der Waals surface area contributed by atoms with Gasteiger partial charge in [0.1, 0.15) is 0 Å². The number of aryl methyl sites for hydroxylation is 1. The van der Waals surface area contributed by atoms with Crippen molar-refractivity contribution >= 4 is 5.91 Å². The zero-order valence-electron chi connectivity index (χ0n) is 20.0. The van der Waals surface area contributed by atoms with Crippen LogP contribution in [0.25, 0.3) is 11.1 Å². The first-order valence-electron chi connectivity index (χ1n) is 12.0. The number of likely N-dealkylation sites (tertiary alicyclic amines) is 1. The van der Waals surface area contributed by atoms with Crippen LogP contribution in [0.2, 0.25) is 0 Å². The highest BCUT2D eigenvalue weighted by Gasteiger charge is 2.46. The summed E-state index contributed by atoms with van der Waals surface area (Å²) in [5.74, 6) is 0.277. The summed E-state index contributed by atoms with van der Waals surface area (Å²) >= 11 is 0. The fraction of sp³-hybridized carbons (Fsp3) is 0.393. The van der Waals surface area contributed by atoms with E-state index >= 15 is 0 Å². The molecule has 0 saturated carbocycles. The summed E-state index contributed by atoms with van der Waals surface area (Å²) in [6, 6.07) is 18.8. The highest BCUT2D eigenvalue weighted by Crippen LogP contribution is 2.37. The Hall–Kier alpha value is -3.05. The van der Waals surface area contributed by atoms with E-state index in [2.05, 4.69) is 71.2 Å². The standard InChI is InChI=1S/C28H34N4O/c1-4-32(5-2)27(33)28(14-16-31(21-28)20-26-13-6-9-22(3)30-26)18-23-10-7-11-24(17-23)25-12-8-15-29-19-25/h6-13,15,17,19H,4-5,14,16,18,20-21H2,1-3H3/t28-/m0/s1. The van der Waals surface area contributed by atoms with E-state index in [0.717, 1.165) is 68.1 Å². The minimum atomic E-state index is -0.413. The van der Waals surface area contributed by atoms with Crippen molar-refractivity contribution < 1.29 is 4.79 Å². The molecule has 5 nitrogen and oxygen atoms in total. The molecule has 0 bridgehead atoms. The van der Waals surface area contributed by atoms with E-state index in [9.17, 15) is 4.79 Å². The number of benzene rings is 1. The Morgan fingerprint density at radius 2 is 1.85 bits per heavy atom. The molecule has 1 fully saturated rings. The van der Waals surface area contributed by atoms with Crippen LogP contribution >= 0.6 is 0 Å². The number of hydrogen-bond donors (Lipinski definition) is 0. The Morgan fingerprint density at radius 1 is 1.06 bits per heavy atom. The average molecular weight is 443 g/mol. The molecular weight excluding hydrogens is 408 g/mol. The Kier molecular flexibility index (Phi) is 7.19. The second kappa shape index (κ2) is 10.3. The molecule has 1 aliphatic heterocycles. The summed E-state index contributed by atoms with van der Waals surface area (Å²) in [5, 5.41) is 0. The van der Waals surface area contributed by atoms with Gasteiger partial charge in [-0.2, -0.15) is 0 Å². The van der Waals surface area contributed by atoms with Gasteiger partial charge >= 0.3 is 0 Å². The van der Waals surface area contributed by atoms with Gasteiger partial charge in [0.2, 0.25) is 5.91 Å². The lowest BCUT2D eigenvalue weighted by Crippen LogP contribution is -2.46. The van der Waals surface area contributed by atoms with Gasteiger partial charge in [0.25, 0.3) is 0 Å². The molecule has 4 rings (SSSR count). The molecule has 1 amide bonds. The van der Waals surface area contributed by atoms with Crippen molar-refractivity contribution in [1.82, 2.24) is 19.8 Å². The molecule has 1 aliphatic rings. The molecule has 0 N–H and O–H groups in total. The largest absolute Gasteiger partial charge is 0.343 e. The molecule has 1 aromatic carbocycles. The Bertz CT molecular complexity index is 1080. The molecule has 3 aromatic rings. The van der Waals surface area contributed by atoms with Crippen LogP contribution in [0, 0.1) is 12.3 Å².